The Bertz CT molecular complexity index is 343. The average molecular weight is 443 g/mol. The molecule has 0 bridgehead atoms. The number of guanidine groups is 1. The van der Waals surface area contributed by atoms with Crippen LogP contribution in [0.25, 0.3) is 0 Å². The Kier molecular flexibility index (Phi) is 13.2. The molecule has 1 aliphatic rings. The minimum Gasteiger partial charge on any atom is -0.466 e. The molecule has 7 heteroatoms. The summed E-state index contributed by atoms with van der Waals surface area (Å²) in [6.07, 6.45) is 5.13. The van der Waals surface area contributed by atoms with Crippen LogP contribution in [0.1, 0.15) is 33.1 Å². The van der Waals surface area contributed by atoms with E-state index in [1.54, 1.807) is 0 Å². The van der Waals surface area contributed by atoms with E-state index in [9.17, 15) is 4.79 Å². The van der Waals surface area contributed by atoms with Gasteiger partial charge < -0.3 is 15.0 Å². The summed E-state index contributed by atoms with van der Waals surface area (Å²) in [4.78, 5) is 18.8. The summed E-state index contributed by atoms with van der Waals surface area (Å²) in [7, 11) is 0. The standard InChI is InChI=1S/C15H29N3O2S.HI/c1-4-16-15(17-9-7-11-21-3)18-10-6-8-13(12-18)14(19)20-5-2;/h13H,4-12H2,1-3H3,(H,16,17);1H. The fraction of sp³-hybridized carbons (Fsp3) is 0.867. The second-order valence-electron chi connectivity index (χ2n) is 5.12. The van der Waals surface area contributed by atoms with Crippen LogP contribution in [-0.4, -0.2) is 61.6 Å². The van der Waals surface area contributed by atoms with E-state index in [0.717, 1.165) is 50.6 Å². The summed E-state index contributed by atoms with van der Waals surface area (Å²) >= 11 is 1.85. The van der Waals surface area contributed by atoms with Crippen LogP contribution in [0.4, 0.5) is 0 Å². The summed E-state index contributed by atoms with van der Waals surface area (Å²) in [6.45, 7) is 7.75. The quantitative estimate of drug-likeness (QED) is 0.216. The van der Waals surface area contributed by atoms with Crippen LogP contribution in [0.2, 0.25) is 0 Å². The van der Waals surface area contributed by atoms with Gasteiger partial charge in [0, 0.05) is 26.2 Å². The Morgan fingerprint density at radius 1 is 1.45 bits per heavy atom. The molecular weight excluding hydrogens is 413 g/mol. The Morgan fingerprint density at radius 3 is 2.86 bits per heavy atom. The number of likely N-dealkylation sites (tertiary alicyclic amines) is 1. The second kappa shape index (κ2) is 13.3. The number of thioether (sulfide) groups is 1. The van der Waals surface area contributed by atoms with Crippen LogP contribution in [0, 0.1) is 5.92 Å². The predicted octanol–water partition coefficient (Wildman–Crippen LogP) is 2.60. The van der Waals surface area contributed by atoms with Crippen molar-refractivity contribution in [1.29, 1.82) is 0 Å². The average Bonchev–Trinajstić information content (AvgIpc) is 2.51. The van der Waals surface area contributed by atoms with Crippen LogP contribution >= 0.6 is 35.7 Å². The molecule has 130 valence electrons. The first-order chi connectivity index (χ1) is 10.2. The lowest BCUT2D eigenvalue weighted by Crippen LogP contribution is -2.48. The zero-order valence-corrected chi connectivity index (χ0v) is 17.1. The van der Waals surface area contributed by atoms with Crippen molar-refractivity contribution < 1.29 is 9.53 Å². The molecule has 0 aromatic heterocycles. The molecule has 0 spiro atoms. The topological polar surface area (TPSA) is 53.9 Å². The molecule has 0 aliphatic carbocycles. The van der Waals surface area contributed by atoms with Gasteiger partial charge in [-0.15, -0.1) is 24.0 Å². The lowest BCUT2D eigenvalue weighted by atomic mass is 9.98. The molecule has 0 amide bonds. The Labute approximate surface area is 156 Å². The number of piperidine rings is 1. The molecule has 1 aliphatic heterocycles. The number of nitrogens with one attached hydrogen (secondary N) is 1. The van der Waals surface area contributed by atoms with Crippen molar-refractivity contribution in [3.8, 4) is 0 Å². The minimum atomic E-state index is -0.0690. The van der Waals surface area contributed by atoms with Gasteiger partial charge >= 0.3 is 5.97 Å². The molecule has 0 saturated carbocycles. The molecule has 1 unspecified atom stereocenters. The Morgan fingerprint density at radius 2 is 2.23 bits per heavy atom. The van der Waals surface area contributed by atoms with Gasteiger partial charge in [0.2, 0.25) is 0 Å². The zero-order chi connectivity index (χ0) is 15.5. The molecule has 0 aromatic carbocycles. The number of carbonyl (C=O) groups is 1. The highest BCUT2D eigenvalue weighted by Crippen LogP contribution is 2.18. The second-order valence-corrected chi connectivity index (χ2v) is 6.10. The fourth-order valence-electron chi connectivity index (χ4n) is 2.44. The van der Waals surface area contributed by atoms with Gasteiger partial charge in [0.25, 0.3) is 0 Å². The summed E-state index contributed by atoms with van der Waals surface area (Å²) in [5.74, 6) is 1.98. The first-order valence-electron chi connectivity index (χ1n) is 7.91. The summed E-state index contributed by atoms with van der Waals surface area (Å²) in [5, 5.41) is 3.34. The van der Waals surface area contributed by atoms with E-state index in [1.807, 2.05) is 18.7 Å². The van der Waals surface area contributed by atoms with Gasteiger partial charge in [-0.1, -0.05) is 0 Å². The van der Waals surface area contributed by atoms with Gasteiger partial charge in [0.15, 0.2) is 5.96 Å². The highest BCUT2D eigenvalue weighted by atomic mass is 127. The molecule has 1 saturated heterocycles. The number of carbonyl (C=O) groups excluding carboxylic acids is 1. The summed E-state index contributed by atoms with van der Waals surface area (Å²) in [6, 6.07) is 0. The van der Waals surface area contributed by atoms with Gasteiger partial charge in [-0.25, -0.2) is 0 Å². The molecule has 0 radical (unpaired) electrons. The van der Waals surface area contributed by atoms with Crippen molar-refractivity contribution >= 4 is 47.7 Å². The molecular formula is C15H30IN3O2S. The summed E-state index contributed by atoms with van der Waals surface area (Å²) in [5.41, 5.74) is 0. The molecule has 1 heterocycles. The van der Waals surface area contributed by atoms with Crippen molar-refractivity contribution in [3.05, 3.63) is 0 Å². The highest BCUT2D eigenvalue weighted by molar-refractivity contribution is 14.0. The van der Waals surface area contributed by atoms with Crippen LogP contribution < -0.4 is 5.32 Å². The number of hydrogen-bond donors (Lipinski definition) is 1. The predicted molar refractivity (Wildman–Crippen MR) is 105 cm³/mol. The number of aliphatic imine (C=N–C) groups is 1. The molecule has 1 fully saturated rings. The van der Waals surface area contributed by atoms with E-state index >= 15 is 0 Å². The number of rotatable bonds is 7. The third-order valence-corrected chi connectivity index (χ3v) is 4.14. The monoisotopic (exact) mass is 443 g/mol. The smallest absolute Gasteiger partial charge is 0.310 e. The van der Waals surface area contributed by atoms with Crippen LogP contribution in [-0.2, 0) is 9.53 Å². The van der Waals surface area contributed by atoms with Crippen molar-refractivity contribution in [3.63, 3.8) is 0 Å². The third kappa shape index (κ3) is 7.89. The maximum atomic E-state index is 11.9. The first-order valence-corrected chi connectivity index (χ1v) is 9.31. The molecule has 1 rings (SSSR count). The van der Waals surface area contributed by atoms with Gasteiger partial charge in [-0.05, 0) is 45.1 Å². The van der Waals surface area contributed by atoms with E-state index in [-0.39, 0.29) is 35.9 Å². The summed E-state index contributed by atoms with van der Waals surface area (Å²) < 4.78 is 5.15. The van der Waals surface area contributed by atoms with Gasteiger partial charge in [0.1, 0.15) is 0 Å². The minimum absolute atomic E-state index is 0. The van der Waals surface area contributed by atoms with Crippen molar-refractivity contribution in [2.45, 2.75) is 33.1 Å². The van der Waals surface area contributed by atoms with E-state index in [4.69, 9.17) is 4.74 Å². The number of halogens is 1. The van der Waals surface area contributed by atoms with Crippen molar-refractivity contribution in [2.75, 3.05) is 44.8 Å². The van der Waals surface area contributed by atoms with E-state index < -0.39 is 0 Å². The third-order valence-electron chi connectivity index (χ3n) is 3.44. The van der Waals surface area contributed by atoms with E-state index in [1.165, 1.54) is 0 Å². The number of ether oxygens (including phenoxy) is 1. The zero-order valence-electron chi connectivity index (χ0n) is 14.0. The van der Waals surface area contributed by atoms with Gasteiger partial charge in [0.05, 0.1) is 12.5 Å². The van der Waals surface area contributed by atoms with E-state index in [2.05, 4.69) is 28.4 Å². The number of nitrogens with zero attached hydrogens (tertiary/aromatic N) is 2. The van der Waals surface area contributed by atoms with Crippen LogP contribution in [0.15, 0.2) is 4.99 Å². The van der Waals surface area contributed by atoms with E-state index in [0.29, 0.717) is 13.2 Å². The Hall–Kier alpha value is -0.180. The molecule has 5 nitrogen and oxygen atoms in total. The number of hydrogen-bond acceptors (Lipinski definition) is 4. The molecule has 1 N–H and O–H groups in total. The Balaban J connectivity index is 0.00000441. The van der Waals surface area contributed by atoms with Crippen molar-refractivity contribution in [2.24, 2.45) is 10.9 Å². The number of esters is 1. The largest absolute Gasteiger partial charge is 0.466 e. The highest BCUT2D eigenvalue weighted by Gasteiger charge is 2.28. The SMILES string of the molecule is CCNC(=NCCCSC)N1CCCC(C(=O)OCC)C1.I. The van der Waals surface area contributed by atoms with Crippen LogP contribution in [0.3, 0.4) is 0 Å². The van der Waals surface area contributed by atoms with Crippen molar-refractivity contribution in [1.82, 2.24) is 10.2 Å². The fourth-order valence-corrected chi connectivity index (χ4v) is 2.86. The normalized spacial score (nSPS) is 18.6. The maximum absolute atomic E-state index is 11.9. The van der Waals surface area contributed by atoms with Gasteiger partial charge in [-0.2, -0.15) is 11.8 Å². The van der Waals surface area contributed by atoms with Gasteiger partial charge in [-0.3, -0.25) is 9.79 Å². The lowest BCUT2D eigenvalue weighted by molar-refractivity contribution is -0.149. The molecule has 0 aromatic rings. The molecule has 22 heavy (non-hydrogen) atoms. The van der Waals surface area contributed by atoms with Crippen LogP contribution in [0.5, 0.6) is 0 Å². The molecule has 1 atom stereocenters. The maximum Gasteiger partial charge on any atom is 0.310 e. The first kappa shape index (κ1) is 21.8. The lowest BCUT2D eigenvalue weighted by Gasteiger charge is -2.34.